The number of hydrogen-bond donors (Lipinski definition) is 0. The van der Waals surface area contributed by atoms with Crippen molar-refractivity contribution in [1.29, 1.82) is 0 Å². The predicted octanol–water partition coefficient (Wildman–Crippen LogP) is -0.476. The third-order valence-electron chi connectivity index (χ3n) is 1.92. The summed E-state index contributed by atoms with van der Waals surface area (Å²) < 4.78 is 6.50. The smallest absolute Gasteiger partial charge is 0.253 e. The molecule has 1 fully saturated rings. The van der Waals surface area contributed by atoms with Gasteiger partial charge in [-0.1, -0.05) is 0 Å². The minimum absolute atomic E-state index is 0.179. The lowest BCUT2D eigenvalue weighted by Crippen LogP contribution is -2.02. The van der Waals surface area contributed by atoms with E-state index in [1.165, 1.54) is 11.0 Å². The SMILES string of the molecule is c1nc(-n2cnnn2)ncc1[C@H]1CO1. The zero-order chi connectivity index (χ0) is 9.38. The van der Waals surface area contributed by atoms with E-state index in [0.29, 0.717) is 5.95 Å². The van der Waals surface area contributed by atoms with Crippen molar-refractivity contribution in [1.82, 2.24) is 30.2 Å². The van der Waals surface area contributed by atoms with E-state index in [4.69, 9.17) is 4.74 Å². The van der Waals surface area contributed by atoms with E-state index in [1.54, 1.807) is 12.4 Å². The average Bonchev–Trinajstić information content (AvgIpc) is 2.94. The molecule has 1 aliphatic rings. The summed E-state index contributed by atoms with van der Waals surface area (Å²) in [5.74, 6) is 0.458. The fourth-order valence-electron chi connectivity index (χ4n) is 1.11. The van der Waals surface area contributed by atoms with Gasteiger partial charge in [0.25, 0.3) is 5.95 Å². The van der Waals surface area contributed by atoms with Gasteiger partial charge in [0.05, 0.1) is 6.61 Å². The molecule has 2 aromatic heterocycles. The highest BCUT2D eigenvalue weighted by molar-refractivity contribution is 5.16. The van der Waals surface area contributed by atoms with E-state index >= 15 is 0 Å². The molecule has 14 heavy (non-hydrogen) atoms. The summed E-state index contributed by atoms with van der Waals surface area (Å²) in [4.78, 5) is 8.22. The number of tetrazole rings is 1. The molecule has 0 bridgehead atoms. The van der Waals surface area contributed by atoms with Gasteiger partial charge in [-0.3, -0.25) is 0 Å². The van der Waals surface area contributed by atoms with Gasteiger partial charge in [0.2, 0.25) is 0 Å². The van der Waals surface area contributed by atoms with Crippen molar-refractivity contribution >= 4 is 0 Å². The van der Waals surface area contributed by atoms with Crippen molar-refractivity contribution in [3.63, 3.8) is 0 Å². The quantitative estimate of drug-likeness (QED) is 0.595. The molecule has 0 unspecified atom stereocenters. The van der Waals surface area contributed by atoms with Crippen molar-refractivity contribution in [2.75, 3.05) is 6.61 Å². The number of rotatable bonds is 2. The van der Waals surface area contributed by atoms with Gasteiger partial charge in [-0.05, 0) is 10.4 Å². The number of ether oxygens (including phenoxy) is 1. The molecule has 1 aliphatic heterocycles. The standard InChI is InChI=1S/C7H6N6O/c1-5(6-3-14-6)2-9-7(8-1)13-4-10-11-12-13/h1-2,4,6H,3H2/t6-/m1/s1. The van der Waals surface area contributed by atoms with Crippen LogP contribution < -0.4 is 0 Å². The van der Waals surface area contributed by atoms with Crippen LogP contribution in [0.4, 0.5) is 0 Å². The van der Waals surface area contributed by atoms with Crippen LogP contribution in [0, 0.1) is 0 Å². The summed E-state index contributed by atoms with van der Waals surface area (Å²) in [5.41, 5.74) is 0.988. The van der Waals surface area contributed by atoms with Crippen LogP contribution >= 0.6 is 0 Å². The van der Waals surface area contributed by atoms with Gasteiger partial charge in [-0.15, -0.1) is 5.10 Å². The molecule has 0 N–H and O–H groups in total. The monoisotopic (exact) mass is 190 g/mol. The fourth-order valence-corrected chi connectivity index (χ4v) is 1.11. The Bertz CT molecular complexity index is 420. The number of epoxide rings is 1. The second-order valence-corrected chi connectivity index (χ2v) is 2.89. The van der Waals surface area contributed by atoms with E-state index in [2.05, 4.69) is 25.5 Å². The summed E-state index contributed by atoms with van der Waals surface area (Å²) in [6, 6.07) is 0. The zero-order valence-corrected chi connectivity index (χ0v) is 7.11. The highest BCUT2D eigenvalue weighted by Gasteiger charge is 2.25. The van der Waals surface area contributed by atoms with Gasteiger partial charge < -0.3 is 4.74 Å². The maximum atomic E-state index is 5.10. The molecule has 2 aromatic rings. The first-order valence-corrected chi connectivity index (χ1v) is 4.10. The summed E-state index contributed by atoms with van der Waals surface area (Å²) in [6.07, 6.45) is 5.07. The van der Waals surface area contributed by atoms with Gasteiger partial charge in [-0.2, -0.15) is 4.68 Å². The molecular weight excluding hydrogens is 184 g/mol. The maximum absolute atomic E-state index is 5.10. The molecular formula is C7H6N6O. The number of aromatic nitrogens is 6. The van der Waals surface area contributed by atoms with Crippen LogP contribution in [0.1, 0.15) is 11.7 Å². The molecule has 0 aliphatic carbocycles. The largest absolute Gasteiger partial charge is 0.368 e. The van der Waals surface area contributed by atoms with Gasteiger partial charge in [0.15, 0.2) is 0 Å². The minimum atomic E-state index is 0.179. The Hall–Kier alpha value is -1.89. The molecule has 3 rings (SSSR count). The molecule has 70 valence electrons. The van der Waals surface area contributed by atoms with Crippen molar-refractivity contribution < 1.29 is 4.74 Å². The molecule has 7 heteroatoms. The lowest BCUT2D eigenvalue weighted by molar-refractivity contribution is 0.414. The van der Waals surface area contributed by atoms with Crippen molar-refractivity contribution in [3.05, 3.63) is 24.3 Å². The van der Waals surface area contributed by atoms with Crippen LogP contribution in [0.3, 0.4) is 0 Å². The molecule has 3 heterocycles. The Balaban J connectivity index is 1.93. The van der Waals surface area contributed by atoms with Gasteiger partial charge in [-0.25, -0.2) is 9.97 Å². The Morgan fingerprint density at radius 3 is 2.71 bits per heavy atom. The number of hydrogen-bond acceptors (Lipinski definition) is 6. The van der Waals surface area contributed by atoms with Crippen molar-refractivity contribution in [2.24, 2.45) is 0 Å². The molecule has 1 saturated heterocycles. The van der Waals surface area contributed by atoms with E-state index < -0.39 is 0 Å². The third-order valence-corrected chi connectivity index (χ3v) is 1.92. The molecule has 0 saturated carbocycles. The Morgan fingerprint density at radius 1 is 1.36 bits per heavy atom. The molecule has 7 nitrogen and oxygen atoms in total. The first-order chi connectivity index (χ1) is 6.93. The van der Waals surface area contributed by atoms with E-state index in [9.17, 15) is 0 Å². The third kappa shape index (κ3) is 1.23. The fraction of sp³-hybridized carbons (Fsp3) is 0.286. The molecule has 0 spiro atoms. The zero-order valence-electron chi connectivity index (χ0n) is 7.11. The Morgan fingerprint density at radius 2 is 2.14 bits per heavy atom. The highest BCUT2D eigenvalue weighted by Crippen LogP contribution is 2.28. The maximum Gasteiger partial charge on any atom is 0.253 e. The van der Waals surface area contributed by atoms with Crippen molar-refractivity contribution in [3.8, 4) is 5.95 Å². The van der Waals surface area contributed by atoms with Crippen LogP contribution in [0.2, 0.25) is 0 Å². The van der Waals surface area contributed by atoms with Gasteiger partial charge in [0, 0.05) is 18.0 Å². The first-order valence-electron chi connectivity index (χ1n) is 4.10. The van der Waals surface area contributed by atoms with E-state index in [1.807, 2.05) is 0 Å². The number of nitrogens with zero attached hydrogens (tertiary/aromatic N) is 6. The normalized spacial score (nSPS) is 19.6. The first kappa shape index (κ1) is 7.51. The lowest BCUT2D eigenvalue weighted by Gasteiger charge is -1.97. The van der Waals surface area contributed by atoms with Crippen LogP contribution in [0.25, 0.3) is 5.95 Å². The van der Waals surface area contributed by atoms with Gasteiger partial charge in [0.1, 0.15) is 12.4 Å². The second kappa shape index (κ2) is 2.81. The summed E-state index contributed by atoms with van der Waals surface area (Å²) in [5, 5.41) is 10.7. The molecule has 0 amide bonds. The molecule has 1 atom stereocenters. The predicted molar refractivity (Wildman–Crippen MR) is 43.4 cm³/mol. The van der Waals surface area contributed by atoms with Gasteiger partial charge >= 0.3 is 0 Å². The van der Waals surface area contributed by atoms with Crippen LogP contribution in [-0.4, -0.2) is 36.8 Å². The van der Waals surface area contributed by atoms with E-state index in [0.717, 1.165) is 12.2 Å². The Kier molecular flexibility index (Phi) is 1.51. The minimum Gasteiger partial charge on any atom is -0.368 e. The molecule has 0 aromatic carbocycles. The average molecular weight is 190 g/mol. The lowest BCUT2D eigenvalue weighted by atomic mass is 10.3. The highest BCUT2D eigenvalue weighted by atomic mass is 16.6. The summed E-state index contributed by atoms with van der Waals surface area (Å²) in [6.45, 7) is 0.758. The summed E-state index contributed by atoms with van der Waals surface area (Å²) >= 11 is 0. The Labute approximate surface area is 78.7 Å². The summed E-state index contributed by atoms with van der Waals surface area (Å²) in [7, 11) is 0. The van der Waals surface area contributed by atoms with E-state index in [-0.39, 0.29) is 6.10 Å². The van der Waals surface area contributed by atoms with Crippen LogP contribution in [-0.2, 0) is 4.74 Å². The van der Waals surface area contributed by atoms with Crippen molar-refractivity contribution in [2.45, 2.75) is 6.10 Å². The van der Waals surface area contributed by atoms with Crippen LogP contribution in [0.15, 0.2) is 18.7 Å². The second-order valence-electron chi connectivity index (χ2n) is 2.89. The van der Waals surface area contributed by atoms with Crippen LogP contribution in [0.5, 0.6) is 0 Å². The topological polar surface area (TPSA) is 81.9 Å². The molecule has 0 radical (unpaired) electrons.